The molecule has 0 spiro atoms. The van der Waals surface area contributed by atoms with Crippen LogP contribution in [0.25, 0.3) is 0 Å². The van der Waals surface area contributed by atoms with Gasteiger partial charge in [-0.15, -0.1) is 0 Å². The monoisotopic (exact) mass is 388 g/mol. The molecule has 1 aliphatic rings. The van der Waals surface area contributed by atoms with Crippen molar-refractivity contribution in [1.29, 1.82) is 0 Å². The molecule has 26 heavy (non-hydrogen) atoms. The Morgan fingerprint density at radius 3 is 1.65 bits per heavy atom. The Labute approximate surface area is 145 Å². The van der Waals surface area contributed by atoms with Gasteiger partial charge in [0.15, 0.2) is 0 Å². The van der Waals surface area contributed by atoms with E-state index in [0.717, 1.165) is 0 Å². The summed E-state index contributed by atoms with van der Waals surface area (Å²) in [7, 11) is -1.32. The van der Waals surface area contributed by atoms with E-state index < -0.39 is 47.7 Å². The van der Waals surface area contributed by atoms with Crippen LogP contribution in [0.15, 0.2) is 18.2 Å². The lowest BCUT2D eigenvalue weighted by molar-refractivity contribution is -0.376. The molecule has 2 rings (SSSR count). The molecule has 0 bridgehead atoms. The topological polar surface area (TPSA) is 38.7 Å². The summed E-state index contributed by atoms with van der Waals surface area (Å²) in [6.07, 6.45) is -12.2. The number of aliphatic hydroxyl groups is 1. The molecule has 0 aliphatic carbocycles. The van der Waals surface area contributed by atoms with Crippen molar-refractivity contribution in [2.75, 3.05) is 0 Å². The zero-order chi connectivity index (χ0) is 20.3. The highest BCUT2D eigenvalue weighted by Gasteiger charge is 2.71. The Balaban J connectivity index is 2.48. The van der Waals surface area contributed by atoms with Crippen LogP contribution in [0.3, 0.4) is 0 Å². The lowest BCUT2D eigenvalue weighted by Gasteiger charge is -2.32. The molecule has 0 saturated carbocycles. The van der Waals surface area contributed by atoms with Gasteiger partial charge < -0.3 is 14.4 Å². The molecule has 0 atom stereocenters. The van der Waals surface area contributed by atoms with Gasteiger partial charge in [-0.05, 0) is 33.8 Å². The van der Waals surface area contributed by atoms with Crippen molar-refractivity contribution in [3.63, 3.8) is 0 Å². The van der Waals surface area contributed by atoms with Gasteiger partial charge in [-0.1, -0.05) is 12.1 Å². The van der Waals surface area contributed by atoms with Crippen LogP contribution in [-0.4, -0.2) is 35.8 Å². The molecule has 1 N–H and O–H groups in total. The molecule has 1 fully saturated rings. The van der Waals surface area contributed by atoms with Crippen molar-refractivity contribution in [3.8, 4) is 0 Å². The molecule has 1 heterocycles. The van der Waals surface area contributed by atoms with Gasteiger partial charge in [-0.2, -0.15) is 26.3 Å². The van der Waals surface area contributed by atoms with Gasteiger partial charge in [0.05, 0.1) is 11.2 Å². The Bertz CT molecular complexity index is 667. The highest BCUT2D eigenvalue weighted by atomic mass is 19.4. The fourth-order valence-corrected chi connectivity index (χ4v) is 2.40. The molecular formula is C15H16BF7O3. The summed E-state index contributed by atoms with van der Waals surface area (Å²) >= 11 is 0. The van der Waals surface area contributed by atoms with E-state index in [9.17, 15) is 35.8 Å². The number of rotatable bonds is 2. The second kappa shape index (κ2) is 5.83. The predicted octanol–water partition coefficient (Wildman–Crippen LogP) is 3.44. The quantitative estimate of drug-likeness (QED) is 0.624. The van der Waals surface area contributed by atoms with Crippen LogP contribution in [0.2, 0.25) is 0 Å². The number of alkyl halides is 6. The first-order valence-electron chi connectivity index (χ1n) is 7.45. The number of benzene rings is 1. The minimum Gasteiger partial charge on any atom is -0.399 e. The van der Waals surface area contributed by atoms with E-state index in [0.29, 0.717) is 12.1 Å². The Hall–Kier alpha value is -1.33. The predicted molar refractivity (Wildman–Crippen MR) is 78.1 cm³/mol. The van der Waals surface area contributed by atoms with Gasteiger partial charge >= 0.3 is 19.5 Å². The second-order valence-electron chi connectivity index (χ2n) is 7.03. The fourth-order valence-electron chi connectivity index (χ4n) is 2.40. The Morgan fingerprint density at radius 2 is 1.31 bits per heavy atom. The third-order valence-electron chi connectivity index (χ3n) is 4.75. The summed E-state index contributed by atoms with van der Waals surface area (Å²) in [5.74, 6) is -1.42. The molecule has 0 aromatic heterocycles. The largest absolute Gasteiger partial charge is 0.497 e. The molecule has 1 saturated heterocycles. The molecule has 1 aromatic carbocycles. The van der Waals surface area contributed by atoms with Crippen LogP contribution in [-0.2, 0) is 14.9 Å². The molecule has 3 nitrogen and oxygen atoms in total. The van der Waals surface area contributed by atoms with Crippen LogP contribution in [0.1, 0.15) is 33.3 Å². The molecule has 146 valence electrons. The van der Waals surface area contributed by atoms with E-state index in [1.54, 1.807) is 27.7 Å². The second-order valence-corrected chi connectivity index (χ2v) is 7.03. The Kier molecular flexibility index (Phi) is 4.71. The van der Waals surface area contributed by atoms with Gasteiger partial charge in [0, 0.05) is 11.0 Å². The summed E-state index contributed by atoms with van der Waals surface area (Å²) in [5.41, 5.74) is -9.03. The standard InChI is InChI=1S/C15H16BF7O3/c1-11(2)12(3,4)26-16(25-11)9-6-5-8(7-10(9)17)13(24,14(18,19)20)15(21,22)23/h5-7,24H,1-4H3. The SMILES string of the molecule is CC1(C)OB(c2ccc(C(O)(C(F)(F)F)C(F)(F)F)cc2F)OC1(C)C. The third-order valence-corrected chi connectivity index (χ3v) is 4.75. The zero-order valence-corrected chi connectivity index (χ0v) is 14.2. The van der Waals surface area contributed by atoms with Crippen LogP contribution < -0.4 is 5.46 Å². The minimum atomic E-state index is -6.09. The smallest absolute Gasteiger partial charge is 0.399 e. The van der Waals surface area contributed by atoms with E-state index in [1.165, 1.54) is 0 Å². The number of hydrogen-bond donors (Lipinski definition) is 1. The van der Waals surface area contributed by atoms with E-state index >= 15 is 0 Å². The van der Waals surface area contributed by atoms with Crippen molar-refractivity contribution < 1.29 is 45.1 Å². The average molecular weight is 388 g/mol. The van der Waals surface area contributed by atoms with Crippen molar-refractivity contribution >= 4 is 12.6 Å². The van der Waals surface area contributed by atoms with Crippen LogP contribution in [0.5, 0.6) is 0 Å². The van der Waals surface area contributed by atoms with E-state index in [2.05, 4.69) is 0 Å². The third kappa shape index (κ3) is 3.09. The van der Waals surface area contributed by atoms with Crippen LogP contribution >= 0.6 is 0 Å². The molecular weight excluding hydrogens is 372 g/mol. The van der Waals surface area contributed by atoms with Crippen LogP contribution in [0, 0.1) is 5.82 Å². The van der Waals surface area contributed by atoms with Gasteiger partial charge in [-0.25, -0.2) is 4.39 Å². The first-order chi connectivity index (χ1) is 11.4. The van der Waals surface area contributed by atoms with E-state index in [1.807, 2.05) is 0 Å². The summed E-state index contributed by atoms with van der Waals surface area (Å²) in [6.45, 7) is 6.58. The maximum absolute atomic E-state index is 14.3. The zero-order valence-electron chi connectivity index (χ0n) is 14.2. The van der Waals surface area contributed by atoms with Gasteiger partial charge in [-0.3, -0.25) is 0 Å². The highest BCUT2D eigenvalue weighted by molar-refractivity contribution is 6.62. The molecule has 0 radical (unpaired) electrons. The lowest BCUT2D eigenvalue weighted by Crippen LogP contribution is -2.54. The number of halogens is 7. The van der Waals surface area contributed by atoms with Crippen molar-refractivity contribution in [3.05, 3.63) is 29.6 Å². The number of hydrogen-bond acceptors (Lipinski definition) is 3. The Morgan fingerprint density at radius 1 is 0.885 bits per heavy atom. The summed E-state index contributed by atoms with van der Waals surface area (Å²) in [5, 5.41) is 9.32. The minimum absolute atomic E-state index is 0.0125. The maximum Gasteiger partial charge on any atom is 0.497 e. The molecule has 11 heteroatoms. The van der Waals surface area contributed by atoms with Crippen molar-refractivity contribution in [1.82, 2.24) is 0 Å². The maximum atomic E-state index is 14.3. The fraction of sp³-hybridized carbons (Fsp3) is 0.600. The molecule has 0 amide bonds. The van der Waals surface area contributed by atoms with Gasteiger partial charge in [0.25, 0.3) is 5.60 Å². The highest BCUT2D eigenvalue weighted by Crippen LogP contribution is 2.50. The average Bonchev–Trinajstić information content (AvgIpc) is 2.63. The molecule has 0 unspecified atom stereocenters. The van der Waals surface area contributed by atoms with Crippen LogP contribution in [0.4, 0.5) is 30.7 Å². The van der Waals surface area contributed by atoms with Crippen molar-refractivity contribution in [2.45, 2.75) is 56.9 Å². The van der Waals surface area contributed by atoms with Gasteiger partial charge in [0.1, 0.15) is 5.82 Å². The summed E-state index contributed by atoms with van der Waals surface area (Å²) in [6, 6.07) is 1.01. The molecule has 1 aromatic rings. The van der Waals surface area contributed by atoms with Gasteiger partial charge in [0.2, 0.25) is 0 Å². The first-order valence-corrected chi connectivity index (χ1v) is 7.45. The van der Waals surface area contributed by atoms with E-state index in [4.69, 9.17) is 9.31 Å². The van der Waals surface area contributed by atoms with E-state index in [-0.39, 0.29) is 11.5 Å². The normalized spacial score (nSPS) is 20.5. The molecule has 1 aliphatic heterocycles. The summed E-state index contributed by atoms with van der Waals surface area (Å²) < 4.78 is 103. The lowest BCUT2D eigenvalue weighted by atomic mass is 9.77. The first kappa shape index (κ1) is 21.0. The van der Waals surface area contributed by atoms with Crippen molar-refractivity contribution in [2.24, 2.45) is 0 Å². The summed E-state index contributed by atoms with van der Waals surface area (Å²) in [4.78, 5) is 0.